The minimum Gasteiger partial charge on any atom is -0.378 e. The van der Waals surface area contributed by atoms with Crippen molar-refractivity contribution in [1.82, 2.24) is 9.80 Å². The molecule has 124 valence electrons. The van der Waals surface area contributed by atoms with E-state index in [2.05, 4.69) is 9.80 Å². The molecular formula is C17H23N3O3. The van der Waals surface area contributed by atoms with Gasteiger partial charge in [-0.2, -0.15) is 0 Å². The smallest absolute Gasteiger partial charge is 0.236 e. The summed E-state index contributed by atoms with van der Waals surface area (Å²) in [5, 5.41) is 0. The molecular weight excluding hydrogens is 294 g/mol. The largest absolute Gasteiger partial charge is 0.378 e. The number of piperazine rings is 1. The summed E-state index contributed by atoms with van der Waals surface area (Å²) in [4.78, 5) is 29.7. The van der Waals surface area contributed by atoms with Crippen LogP contribution in [0, 0.1) is 0 Å². The topological polar surface area (TPSA) is 53.1 Å². The van der Waals surface area contributed by atoms with Crippen LogP contribution < -0.4 is 4.90 Å². The second kappa shape index (κ2) is 7.57. The van der Waals surface area contributed by atoms with Crippen molar-refractivity contribution in [1.29, 1.82) is 0 Å². The standard InChI is InChI=1S/C17H23N3O3/c21-14-15-3-1-2-4-16(15)19-7-5-18(6-8-19)13-17(22)20-9-11-23-12-10-20/h1-4,14H,5-13H2. The van der Waals surface area contributed by atoms with E-state index >= 15 is 0 Å². The second-order valence-electron chi connectivity index (χ2n) is 5.93. The normalized spacial score (nSPS) is 19.7. The molecule has 2 saturated heterocycles. The summed E-state index contributed by atoms with van der Waals surface area (Å²) in [6.07, 6.45) is 0.906. The molecule has 1 aromatic rings. The van der Waals surface area contributed by atoms with Gasteiger partial charge in [0.25, 0.3) is 0 Å². The first-order valence-corrected chi connectivity index (χ1v) is 8.15. The van der Waals surface area contributed by atoms with Crippen LogP contribution in [0.4, 0.5) is 5.69 Å². The Labute approximate surface area is 136 Å². The maximum absolute atomic E-state index is 12.3. The maximum Gasteiger partial charge on any atom is 0.236 e. The summed E-state index contributed by atoms with van der Waals surface area (Å²) in [7, 11) is 0. The van der Waals surface area contributed by atoms with Gasteiger partial charge in [0.1, 0.15) is 0 Å². The van der Waals surface area contributed by atoms with Crippen molar-refractivity contribution in [2.45, 2.75) is 0 Å². The highest BCUT2D eigenvalue weighted by molar-refractivity contribution is 5.84. The fraction of sp³-hybridized carbons (Fsp3) is 0.529. The quantitative estimate of drug-likeness (QED) is 0.756. The van der Waals surface area contributed by atoms with Crippen LogP contribution in [0.3, 0.4) is 0 Å². The molecule has 0 bridgehead atoms. The van der Waals surface area contributed by atoms with Crippen LogP contribution in [-0.2, 0) is 9.53 Å². The lowest BCUT2D eigenvalue weighted by Crippen LogP contribution is -2.51. The van der Waals surface area contributed by atoms with Gasteiger partial charge in [0, 0.05) is 50.5 Å². The molecule has 0 aliphatic carbocycles. The third kappa shape index (κ3) is 3.89. The fourth-order valence-electron chi connectivity index (χ4n) is 3.13. The molecule has 0 spiro atoms. The van der Waals surface area contributed by atoms with Gasteiger partial charge in [-0.15, -0.1) is 0 Å². The first kappa shape index (κ1) is 16.0. The predicted octanol–water partition coefficient (Wildman–Crippen LogP) is 0.480. The van der Waals surface area contributed by atoms with Gasteiger partial charge < -0.3 is 14.5 Å². The van der Waals surface area contributed by atoms with Crippen molar-refractivity contribution in [3.8, 4) is 0 Å². The van der Waals surface area contributed by atoms with E-state index in [9.17, 15) is 9.59 Å². The van der Waals surface area contributed by atoms with E-state index < -0.39 is 0 Å². The van der Waals surface area contributed by atoms with Crippen LogP contribution in [0.15, 0.2) is 24.3 Å². The number of hydrogen-bond acceptors (Lipinski definition) is 5. The second-order valence-corrected chi connectivity index (χ2v) is 5.93. The van der Waals surface area contributed by atoms with Crippen LogP contribution in [0.5, 0.6) is 0 Å². The predicted molar refractivity (Wildman–Crippen MR) is 87.9 cm³/mol. The molecule has 1 aromatic carbocycles. The van der Waals surface area contributed by atoms with E-state index in [-0.39, 0.29) is 5.91 Å². The number of carbonyl (C=O) groups excluding carboxylic acids is 2. The molecule has 3 rings (SSSR count). The van der Waals surface area contributed by atoms with Crippen molar-refractivity contribution in [2.75, 3.05) is 63.9 Å². The summed E-state index contributed by atoms with van der Waals surface area (Å²) in [6, 6.07) is 7.66. The van der Waals surface area contributed by atoms with Gasteiger partial charge in [-0.1, -0.05) is 12.1 Å². The average Bonchev–Trinajstić information content (AvgIpc) is 2.63. The Balaban J connectivity index is 1.52. The Morgan fingerprint density at radius 3 is 2.43 bits per heavy atom. The third-order valence-electron chi connectivity index (χ3n) is 4.50. The van der Waals surface area contributed by atoms with Gasteiger partial charge in [-0.3, -0.25) is 14.5 Å². The average molecular weight is 317 g/mol. The Bertz CT molecular complexity index is 550. The highest BCUT2D eigenvalue weighted by Crippen LogP contribution is 2.20. The minimum absolute atomic E-state index is 0.190. The maximum atomic E-state index is 12.3. The molecule has 0 atom stereocenters. The number of nitrogens with zero attached hydrogens (tertiary/aromatic N) is 3. The number of hydrogen-bond donors (Lipinski definition) is 0. The molecule has 2 aliphatic rings. The summed E-state index contributed by atoms with van der Waals surface area (Å²) in [5.41, 5.74) is 1.71. The van der Waals surface area contributed by atoms with E-state index in [0.717, 1.165) is 43.7 Å². The third-order valence-corrected chi connectivity index (χ3v) is 4.50. The zero-order chi connectivity index (χ0) is 16.1. The first-order chi connectivity index (χ1) is 11.3. The lowest BCUT2D eigenvalue weighted by molar-refractivity contribution is -0.136. The molecule has 2 heterocycles. The van der Waals surface area contributed by atoms with E-state index in [1.807, 2.05) is 29.2 Å². The van der Waals surface area contributed by atoms with Crippen LogP contribution in [0.2, 0.25) is 0 Å². The molecule has 0 N–H and O–H groups in total. The van der Waals surface area contributed by atoms with Crippen LogP contribution in [0.1, 0.15) is 10.4 Å². The molecule has 6 nitrogen and oxygen atoms in total. The van der Waals surface area contributed by atoms with Gasteiger partial charge in [0.15, 0.2) is 6.29 Å². The van der Waals surface area contributed by atoms with Gasteiger partial charge in [-0.05, 0) is 12.1 Å². The SMILES string of the molecule is O=Cc1ccccc1N1CCN(CC(=O)N2CCOCC2)CC1. The number of amides is 1. The van der Waals surface area contributed by atoms with E-state index in [4.69, 9.17) is 4.74 Å². The zero-order valence-electron chi connectivity index (χ0n) is 13.3. The molecule has 2 fully saturated rings. The van der Waals surface area contributed by atoms with Crippen LogP contribution in [0.25, 0.3) is 0 Å². The molecule has 0 aromatic heterocycles. The number of carbonyl (C=O) groups is 2. The number of ether oxygens (including phenoxy) is 1. The molecule has 0 radical (unpaired) electrons. The summed E-state index contributed by atoms with van der Waals surface area (Å²) in [6.45, 7) is 6.50. The molecule has 2 aliphatic heterocycles. The number of aldehydes is 1. The Morgan fingerprint density at radius 1 is 1.04 bits per heavy atom. The Kier molecular flexibility index (Phi) is 5.25. The number of anilines is 1. The monoisotopic (exact) mass is 317 g/mol. The molecule has 1 amide bonds. The fourth-order valence-corrected chi connectivity index (χ4v) is 3.13. The van der Waals surface area contributed by atoms with Crippen molar-refractivity contribution in [2.24, 2.45) is 0 Å². The zero-order valence-corrected chi connectivity index (χ0v) is 13.3. The lowest BCUT2D eigenvalue weighted by atomic mass is 10.1. The Hall–Kier alpha value is -1.92. The molecule has 6 heteroatoms. The van der Waals surface area contributed by atoms with Gasteiger partial charge in [0.2, 0.25) is 5.91 Å². The number of para-hydroxylation sites is 1. The Morgan fingerprint density at radius 2 is 1.74 bits per heavy atom. The van der Waals surface area contributed by atoms with Crippen molar-refractivity contribution in [3.63, 3.8) is 0 Å². The number of rotatable bonds is 4. The van der Waals surface area contributed by atoms with Crippen molar-refractivity contribution < 1.29 is 14.3 Å². The van der Waals surface area contributed by atoms with Gasteiger partial charge in [0.05, 0.1) is 19.8 Å². The van der Waals surface area contributed by atoms with E-state index in [1.165, 1.54) is 0 Å². The highest BCUT2D eigenvalue weighted by atomic mass is 16.5. The number of benzene rings is 1. The first-order valence-electron chi connectivity index (χ1n) is 8.15. The summed E-state index contributed by atoms with van der Waals surface area (Å²) in [5.74, 6) is 0.190. The molecule has 0 unspecified atom stereocenters. The van der Waals surface area contributed by atoms with E-state index in [0.29, 0.717) is 32.8 Å². The number of morpholine rings is 1. The highest BCUT2D eigenvalue weighted by Gasteiger charge is 2.23. The lowest BCUT2D eigenvalue weighted by Gasteiger charge is -2.37. The van der Waals surface area contributed by atoms with Gasteiger partial charge in [-0.25, -0.2) is 0 Å². The van der Waals surface area contributed by atoms with Crippen molar-refractivity contribution >= 4 is 17.9 Å². The van der Waals surface area contributed by atoms with Crippen molar-refractivity contribution in [3.05, 3.63) is 29.8 Å². The van der Waals surface area contributed by atoms with Crippen LogP contribution >= 0.6 is 0 Å². The minimum atomic E-state index is 0.190. The van der Waals surface area contributed by atoms with E-state index in [1.54, 1.807) is 0 Å². The molecule has 0 saturated carbocycles. The summed E-state index contributed by atoms with van der Waals surface area (Å²) < 4.78 is 5.28. The summed E-state index contributed by atoms with van der Waals surface area (Å²) >= 11 is 0. The van der Waals surface area contributed by atoms with Gasteiger partial charge >= 0.3 is 0 Å². The van der Waals surface area contributed by atoms with Crippen LogP contribution in [-0.4, -0.2) is 81.0 Å². The molecule has 23 heavy (non-hydrogen) atoms.